The maximum Gasteiger partial charge on any atom is 0.241 e. The number of hydrogen-bond donors (Lipinski definition) is 0. The van der Waals surface area contributed by atoms with Crippen molar-refractivity contribution in [3.05, 3.63) is 125 Å². The normalized spacial score (nSPS) is 21.5. The summed E-state index contributed by atoms with van der Waals surface area (Å²) in [5, 5.41) is 14.1. The molecule has 0 radical (unpaired) electrons. The molecular weight excluding hydrogens is 512 g/mol. The molecular formula is C38H30N4. The van der Waals surface area contributed by atoms with Gasteiger partial charge in [-0.15, -0.1) is 10.2 Å². The van der Waals surface area contributed by atoms with Crippen LogP contribution in [0.25, 0.3) is 50.8 Å². The highest BCUT2D eigenvalue weighted by molar-refractivity contribution is 6.01. The van der Waals surface area contributed by atoms with E-state index < -0.39 is 0 Å². The Hall–Kier alpha value is -4.70. The minimum absolute atomic E-state index is 0.269. The van der Waals surface area contributed by atoms with Gasteiger partial charge in [-0.25, -0.2) is 0 Å². The Bertz CT molecular complexity index is 2150. The van der Waals surface area contributed by atoms with Gasteiger partial charge in [-0.2, -0.15) is 0 Å². The molecule has 202 valence electrons. The first-order valence-electron chi connectivity index (χ1n) is 15.4. The highest BCUT2D eigenvalue weighted by Crippen LogP contribution is 2.50. The number of nitrogens with zero attached hydrogens (tertiary/aromatic N) is 4. The second-order valence-corrected chi connectivity index (χ2v) is 12.4. The average Bonchev–Trinajstić information content (AvgIpc) is 3.83. The van der Waals surface area contributed by atoms with Crippen molar-refractivity contribution >= 4 is 33.4 Å². The van der Waals surface area contributed by atoms with Gasteiger partial charge in [-0.1, -0.05) is 90.1 Å². The molecule has 1 saturated carbocycles. The molecule has 2 unspecified atom stereocenters. The second-order valence-electron chi connectivity index (χ2n) is 12.4. The predicted octanol–water partition coefficient (Wildman–Crippen LogP) is 8.40. The third-order valence-electron chi connectivity index (χ3n) is 10.4. The Balaban J connectivity index is 1.29. The van der Waals surface area contributed by atoms with Crippen LogP contribution in [0.3, 0.4) is 0 Å². The molecule has 2 aromatic heterocycles. The van der Waals surface area contributed by atoms with Crippen LogP contribution in [-0.4, -0.2) is 19.3 Å². The van der Waals surface area contributed by atoms with E-state index in [2.05, 4.69) is 106 Å². The number of benzene rings is 3. The molecule has 2 heterocycles. The molecule has 2 atom stereocenters. The van der Waals surface area contributed by atoms with Gasteiger partial charge in [0.2, 0.25) is 5.95 Å². The first kappa shape index (κ1) is 22.9. The molecule has 5 aromatic rings. The second kappa shape index (κ2) is 8.42. The molecule has 0 N–H and O–H groups in total. The van der Waals surface area contributed by atoms with Gasteiger partial charge in [0.25, 0.3) is 0 Å². The van der Waals surface area contributed by atoms with Crippen LogP contribution in [0.5, 0.6) is 0 Å². The number of hydrogen-bond acceptors (Lipinski definition) is 2. The first-order chi connectivity index (χ1) is 20.8. The summed E-state index contributed by atoms with van der Waals surface area (Å²) in [6, 6.07) is 20.2. The van der Waals surface area contributed by atoms with Gasteiger partial charge >= 0.3 is 0 Å². The molecule has 4 heteroatoms. The molecule has 42 heavy (non-hydrogen) atoms. The van der Waals surface area contributed by atoms with Gasteiger partial charge in [0, 0.05) is 28.5 Å². The summed E-state index contributed by atoms with van der Waals surface area (Å²) < 4.78 is 4.77. The molecule has 0 bridgehead atoms. The molecule has 5 aliphatic carbocycles. The Kier molecular flexibility index (Phi) is 4.60. The van der Waals surface area contributed by atoms with Crippen molar-refractivity contribution in [3.63, 3.8) is 0 Å². The van der Waals surface area contributed by atoms with Gasteiger partial charge in [0.15, 0.2) is 5.82 Å². The Morgan fingerprint density at radius 2 is 1.57 bits per heavy atom. The summed E-state index contributed by atoms with van der Waals surface area (Å²) in [6.07, 6.45) is 23.1. The topological polar surface area (TPSA) is 35.6 Å². The molecule has 0 aliphatic heterocycles. The van der Waals surface area contributed by atoms with E-state index in [0.29, 0.717) is 5.92 Å². The summed E-state index contributed by atoms with van der Waals surface area (Å²) in [5.74, 6) is 2.52. The van der Waals surface area contributed by atoms with E-state index in [9.17, 15) is 0 Å². The van der Waals surface area contributed by atoms with Crippen LogP contribution in [0, 0.1) is 11.8 Å². The molecule has 0 amide bonds. The van der Waals surface area contributed by atoms with Crippen LogP contribution >= 0.6 is 0 Å². The monoisotopic (exact) mass is 542 g/mol. The van der Waals surface area contributed by atoms with Crippen LogP contribution in [-0.2, 0) is 19.3 Å². The maximum atomic E-state index is 5.07. The number of rotatable bonds is 3. The standard InChI is InChI=1S/C38H30N4/c1-3-13-32-27(9-1)28-10-2-4-14-33(28)41(32)38-40-39-37(30-21-19-25-17-15-23-7-5-11-29(30)35(23)25)42(38)34-22-20-26-18-16-24-8-6-12-31(34)36(24)26/h1,3-9,11-14,19-22,31,36H,2,10,15-18H2. The summed E-state index contributed by atoms with van der Waals surface area (Å²) in [6.45, 7) is 0. The lowest BCUT2D eigenvalue weighted by Gasteiger charge is -2.32. The van der Waals surface area contributed by atoms with Crippen molar-refractivity contribution < 1.29 is 0 Å². The Morgan fingerprint density at radius 1 is 0.714 bits per heavy atom. The largest absolute Gasteiger partial charge is 0.278 e. The van der Waals surface area contributed by atoms with Crippen LogP contribution in [0.15, 0.2) is 102 Å². The zero-order valence-corrected chi connectivity index (χ0v) is 23.4. The van der Waals surface area contributed by atoms with Gasteiger partial charge in [0.05, 0.1) is 11.2 Å². The molecule has 4 nitrogen and oxygen atoms in total. The maximum absolute atomic E-state index is 5.07. The molecule has 1 fully saturated rings. The zero-order valence-electron chi connectivity index (χ0n) is 23.4. The fourth-order valence-corrected chi connectivity index (χ4v) is 8.56. The molecule has 5 aliphatic rings. The lowest BCUT2D eigenvalue weighted by Crippen LogP contribution is -2.24. The van der Waals surface area contributed by atoms with E-state index >= 15 is 0 Å². The highest BCUT2D eigenvalue weighted by Gasteiger charge is 2.39. The van der Waals surface area contributed by atoms with Gasteiger partial charge < -0.3 is 0 Å². The Labute approximate surface area is 244 Å². The van der Waals surface area contributed by atoms with Crippen molar-refractivity contribution in [2.24, 2.45) is 11.8 Å². The van der Waals surface area contributed by atoms with Gasteiger partial charge in [-0.3, -0.25) is 9.13 Å². The van der Waals surface area contributed by atoms with Crippen LogP contribution in [0.4, 0.5) is 0 Å². The fourth-order valence-electron chi connectivity index (χ4n) is 8.56. The van der Waals surface area contributed by atoms with E-state index in [-0.39, 0.29) is 5.92 Å². The Morgan fingerprint density at radius 3 is 2.52 bits per heavy atom. The lowest BCUT2D eigenvalue weighted by molar-refractivity contribution is 0.607. The van der Waals surface area contributed by atoms with E-state index in [4.69, 9.17) is 10.2 Å². The molecule has 0 spiro atoms. The quantitative estimate of drug-likeness (QED) is 0.229. The van der Waals surface area contributed by atoms with E-state index in [1.165, 1.54) is 49.8 Å². The van der Waals surface area contributed by atoms with Crippen LogP contribution in [0.2, 0.25) is 0 Å². The van der Waals surface area contributed by atoms with Crippen LogP contribution < -0.4 is 0 Å². The van der Waals surface area contributed by atoms with E-state index in [1.807, 2.05) is 0 Å². The number of aryl methyl sites for hydroxylation is 3. The summed E-state index contributed by atoms with van der Waals surface area (Å²) >= 11 is 0. The van der Waals surface area contributed by atoms with E-state index in [1.54, 1.807) is 11.1 Å². The van der Waals surface area contributed by atoms with Crippen LogP contribution in [0.1, 0.15) is 41.6 Å². The number of para-hydroxylation sites is 1. The molecule has 10 rings (SSSR count). The van der Waals surface area contributed by atoms with Crippen molar-refractivity contribution in [2.75, 3.05) is 0 Å². The fraction of sp³-hybridized carbons (Fsp3) is 0.211. The summed E-state index contributed by atoms with van der Waals surface area (Å²) in [7, 11) is 0. The SMILES string of the molecule is C1=CC2C(n3c(-c4ccc5c6c(cccc46)CC5)nnc3-n3c4c(c5ccccc53)CCC=C4)=CC=C3CCC(=C1)C32. The van der Waals surface area contributed by atoms with Gasteiger partial charge in [-0.05, 0) is 84.2 Å². The number of allylic oxidation sites excluding steroid dienone is 9. The minimum Gasteiger partial charge on any atom is -0.278 e. The summed E-state index contributed by atoms with van der Waals surface area (Å²) in [4.78, 5) is 0. The molecule has 0 saturated heterocycles. The number of aromatic nitrogens is 4. The highest BCUT2D eigenvalue weighted by atomic mass is 15.4. The number of fused-ring (bicyclic) bond motifs is 3. The lowest BCUT2D eigenvalue weighted by atomic mass is 9.77. The summed E-state index contributed by atoms with van der Waals surface area (Å²) in [5.41, 5.74) is 12.3. The zero-order chi connectivity index (χ0) is 27.4. The van der Waals surface area contributed by atoms with E-state index in [0.717, 1.165) is 55.9 Å². The minimum atomic E-state index is 0.269. The first-order valence-corrected chi connectivity index (χ1v) is 15.4. The third-order valence-corrected chi connectivity index (χ3v) is 10.4. The van der Waals surface area contributed by atoms with Crippen molar-refractivity contribution in [1.29, 1.82) is 0 Å². The predicted molar refractivity (Wildman–Crippen MR) is 170 cm³/mol. The van der Waals surface area contributed by atoms with Crippen molar-refractivity contribution in [3.8, 4) is 17.3 Å². The van der Waals surface area contributed by atoms with Crippen molar-refractivity contribution in [1.82, 2.24) is 19.3 Å². The molecule has 3 aromatic carbocycles. The van der Waals surface area contributed by atoms with Crippen molar-refractivity contribution in [2.45, 2.75) is 38.5 Å². The smallest absolute Gasteiger partial charge is 0.241 e. The third kappa shape index (κ3) is 2.97. The average molecular weight is 543 g/mol. The van der Waals surface area contributed by atoms with Gasteiger partial charge in [0.1, 0.15) is 0 Å².